The molecule has 2 aromatic rings. The van der Waals surface area contributed by atoms with Crippen LogP contribution in [0.25, 0.3) is 0 Å². The topological polar surface area (TPSA) is 131 Å². The molecule has 2 aromatic carbocycles. The molecule has 10 heteroatoms. The van der Waals surface area contributed by atoms with Crippen molar-refractivity contribution in [3.63, 3.8) is 0 Å². The second kappa shape index (κ2) is 7.65. The number of carbonyl (C=O) groups excluding carboxylic acids is 1. The number of hydrogen-bond donors (Lipinski definition) is 1. The molecule has 0 radical (unpaired) electrons. The first-order valence-corrected chi connectivity index (χ1v) is 11.0. The maximum absolute atomic E-state index is 12.8. The summed E-state index contributed by atoms with van der Waals surface area (Å²) in [5.74, 6) is 0.0963. The molecule has 0 saturated heterocycles. The Balaban J connectivity index is 1.63. The number of aryl methyl sites for hydroxylation is 1. The largest absolute Gasteiger partial charge is 0.370 e. The first kappa shape index (κ1) is 21.0. The average Bonchev–Trinajstić information content (AvgIpc) is 3.06. The Hall–Kier alpha value is -3.82. The van der Waals surface area contributed by atoms with E-state index >= 15 is 0 Å². The lowest BCUT2D eigenvalue weighted by molar-refractivity contribution is -0.393. The van der Waals surface area contributed by atoms with Gasteiger partial charge >= 0.3 is 5.69 Å². The number of nitro benzene ring substituents is 2. The first-order chi connectivity index (χ1) is 15.8. The van der Waals surface area contributed by atoms with Crippen molar-refractivity contribution in [1.29, 1.82) is 0 Å². The van der Waals surface area contributed by atoms with E-state index in [1.165, 1.54) is 12.1 Å². The highest BCUT2D eigenvalue weighted by Crippen LogP contribution is 2.44. The van der Waals surface area contributed by atoms with Gasteiger partial charge in [-0.3, -0.25) is 30.4 Å². The van der Waals surface area contributed by atoms with Crippen LogP contribution in [0.4, 0.5) is 22.7 Å². The molecule has 3 aliphatic rings. The number of hydrogen-bond acceptors (Lipinski definition) is 8. The van der Waals surface area contributed by atoms with Crippen LogP contribution in [-0.4, -0.2) is 34.4 Å². The maximum Gasteiger partial charge on any atom is 0.301 e. The van der Waals surface area contributed by atoms with Crippen molar-refractivity contribution < 1.29 is 14.6 Å². The highest BCUT2D eigenvalue weighted by atomic mass is 16.6. The molecule has 5 rings (SSSR count). The van der Waals surface area contributed by atoms with Crippen molar-refractivity contribution in [3.05, 3.63) is 66.7 Å². The molecular weight excluding hydrogens is 426 g/mol. The molecule has 2 aliphatic heterocycles. The summed E-state index contributed by atoms with van der Waals surface area (Å²) in [5, 5.41) is 27.2. The molecule has 0 amide bonds. The van der Waals surface area contributed by atoms with Crippen LogP contribution in [0.1, 0.15) is 47.3 Å². The molecule has 2 atom stereocenters. The van der Waals surface area contributed by atoms with Gasteiger partial charge < -0.3 is 4.90 Å². The maximum atomic E-state index is 12.8. The number of benzene rings is 2. The second-order valence-corrected chi connectivity index (χ2v) is 9.03. The normalized spacial score (nSPS) is 22.2. The van der Waals surface area contributed by atoms with E-state index in [9.17, 15) is 25.0 Å². The summed E-state index contributed by atoms with van der Waals surface area (Å²) in [4.78, 5) is 36.4. The van der Waals surface area contributed by atoms with Crippen LogP contribution in [0.5, 0.6) is 0 Å². The van der Waals surface area contributed by atoms with Crippen LogP contribution in [0.3, 0.4) is 0 Å². The molecule has 1 aliphatic carbocycles. The fourth-order valence-corrected chi connectivity index (χ4v) is 5.28. The lowest BCUT2D eigenvalue weighted by atomic mass is 9.82. The average molecular weight is 449 g/mol. The van der Waals surface area contributed by atoms with Crippen molar-refractivity contribution >= 4 is 34.2 Å². The van der Waals surface area contributed by atoms with Crippen LogP contribution >= 0.6 is 0 Å². The van der Waals surface area contributed by atoms with E-state index in [1.807, 2.05) is 13.0 Å². The van der Waals surface area contributed by atoms with Gasteiger partial charge in [-0.05, 0) is 42.5 Å². The number of rotatable bonds is 4. The number of nitro groups is 2. The first-order valence-electron chi connectivity index (χ1n) is 11.0. The summed E-state index contributed by atoms with van der Waals surface area (Å²) in [6.07, 6.45) is 2.58. The van der Waals surface area contributed by atoms with Gasteiger partial charge in [-0.25, -0.2) is 0 Å². The van der Waals surface area contributed by atoms with E-state index < -0.39 is 15.5 Å². The minimum Gasteiger partial charge on any atom is -0.370 e. The Morgan fingerprint density at radius 2 is 1.91 bits per heavy atom. The summed E-state index contributed by atoms with van der Waals surface area (Å²) < 4.78 is 0. The number of non-ortho nitro benzene ring substituents is 1. The SMILES string of the molecule is CC1Cc2c(cc3c4c2/C(=N/Nc2ccc([N+](=O)[O-])cc2[N+](=O)[O-])C(C)CN4CCC3)C1=O. The molecule has 0 saturated carbocycles. The molecular formula is C23H23N5O5. The molecule has 2 unspecified atom stereocenters. The monoisotopic (exact) mass is 449 g/mol. The standard InChI is InChI=1S/C23H23N5O5/c1-12-8-16-17(23(12)29)9-14-4-3-7-26-11-13(2)21(20(16)22(14)26)25-24-18-6-5-15(27(30)31)10-19(18)28(32)33/h5-6,9-10,12-13,24H,3-4,7-8,11H2,1-2H3/b25-21+. The molecule has 0 fully saturated rings. The van der Waals surface area contributed by atoms with E-state index in [-0.39, 0.29) is 29.0 Å². The van der Waals surface area contributed by atoms with E-state index in [1.54, 1.807) is 0 Å². The molecule has 33 heavy (non-hydrogen) atoms. The minimum absolute atomic E-state index is 0.0329. The van der Waals surface area contributed by atoms with Crippen molar-refractivity contribution in [1.82, 2.24) is 0 Å². The Kier molecular flexibility index (Phi) is 4.88. The van der Waals surface area contributed by atoms with Gasteiger partial charge in [-0.1, -0.05) is 13.8 Å². The van der Waals surface area contributed by atoms with Gasteiger partial charge in [0.05, 0.1) is 21.6 Å². The number of Topliss-reactive ketones (excluding diaryl/α,β-unsaturated/α-hetero) is 1. The summed E-state index contributed by atoms with van der Waals surface area (Å²) in [7, 11) is 0. The number of fused-ring (bicyclic) bond motifs is 2. The predicted octanol–water partition coefficient (Wildman–Crippen LogP) is 4.10. The third-order valence-corrected chi connectivity index (χ3v) is 6.80. The minimum atomic E-state index is -0.668. The number of anilines is 2. The van der Waals surface area contributed by atoms with Gasteiger partial charge in [-0.15, -0.1) is 0 Å². The van der Waals surface area contributed by atoms with Crippen LogP contribution in [0.2, 0.25) is 0 Å². The van der Waals surface area contributed by atoms with Gasteiger partial charge in [-0.2, -0.15) is 5.10 Å². The molecule has 10 nitrogen and oxygen atoms in total. The van der Waals surface area contributed by atoms with E-state index in [0.29, 0.717) is 6.42 Å². The number of nitrogens with one attached hydrogen (secondary N) is 1. The number of nitrogens with zero attached hydrogens (tertiary/aromatic N) is 4. The van der Waals surface area contributed by atoms with Gasteiger partial charge in [0.25, 0.3) is 5.69 Å². The molecule has 170 valence electrons. The third kappa shape index (κ3) is 3.33. The fraction of sp³-hybridized carbons (Fsp3) is 0.391. The van der Waals surface area contributed by atoms with Crippen LogP contribution in [0, 0.1) is 32.1 Å². The highest BCUT2D eigenvalue weighted by molar-refractivity contribution is 6.15. The Morgan fingerprint density at radius 3 is 2.64 bits per heavy atom. The quantitative estimate of drug-likeness (QED) is 0.549. The number of carbonyl (C=O) groups is 1. The van der Waals surface area contributed by atoms with Gasteiger partial charge in [0, 0.05) is 47.8 Å². The van der Waals surface area contributed by atoms with Crippen molar-refractivity contribution in [3.8, 4) is 0 Å². The zero-order valence-corrected chi connectivity index (χ0v) is 18.3. The van der Waals surface area contributed by atoms with Crippen molar-refractivity contribution in [2.24, 2.45) is 16.9 Å². The lowest BCUT2D eigenvalue weighted by Gasteiger charge is -2.41. The van der Waals surface area contributed by atoms with E-state index in [2.05, 4.69) is 22.4 Å². The second-order valence-electron chi connectivity index (χ2n) is 9.03. The zero-order chi connectivity index (χ0) is 23.4. The van der Waals surface area contributed by atoms with Gasteiger partial charge in [0.1, 0.15) is 5.69 Å². The highest BCUT2D eigenvalue weighted by Gasteiger charge is 2.39. The smallest absolute Gasteiger partial charge is 0.301 e. The molecule has 1 N–H and O–H groups in total. The zero-order valence-electron chi connectivity index (χ0n) is 18.3. The van der Waals surface area contributed by atoms with Crippen LogP contribution in [-0.2, 0) is 12.8 Å². The van der Waals surface area contributed by atoms with Crippen molar-refractivity contribution in [2.45, 2.75) is 33.1 Å². The summed E-state index contributed by atoms with van der Waals surface area (Å²) in [6, 6.07) is 5.49. The lowest BCUT2D eigenvalue weighted by Crippen LogP contribution is -2.42. The summed E-state index contributed by atoms with van der Waals surface area (Å²) in [6.45, 7) is 5.71. The molecule has 2 heterocycles. The molecule has 0 bridgehead atoms. The van der Waals surface area contributed by atoms with E-state index in [4.69, 9.17) is 0 Å². The molecule has 0 spiro atoms. The van der Waals surface area contributed by atoms with Crippen LogP contribution in [0.15, 0.2) is 29.4 Å². The fourth-order valence-electron chi connectivity index (χ4n) is 5.28. The van der Waals surface area contributed by atoms with Crippen molar-refractivity contribution in [2.75, 3.05) is 23.4 Å². The van der Waals surface area contributed by atoms with Gasteiger partial charge in [0.15, 0.2) is 5.78 Å². The predicted molar refractivity (Wildman–Crippen MR) is 123 cm³/mol. The Morgan fingerprint density at radius 1 is 1.12 bits per heavy atom. The molecule has 0 aromatic heterocycles. The Labute approximate surface area is 189 Å². The van der Waals surface area contributed by atoms with Gasteiger partial charge in [0.2, 0.25) is 0 Å². The Bertz CT molecular complexity index is 1250. The summed E-state index contributed by atoms with van der Waals surface area (Å²) in [5.41, 5.74) is 7.89. The van der Waals surface area contributed by atoms with Crippen LogP contribution < -0.4 is 10.3 Å². The van der Waals surface area contributed by atoms with E-state index in [0.717, 1.165) is 65.7 Å². The third-order valence-electron chi connectivity index (χ3n) is 6.80. The number of ketones is 1. The summed E-state index contributed by atoms with van der Waals surface area (Å²) >= 11 is 0. The number of hydrazone groups is 1.